The van der Waals surface area contributed by atoms with Crippen LogP contribution in [0.4, 0.5) is 5.69 Å². The van der Waals surface area contributed by atoms with Gasteiger partial charge in [0.15, 0.2) is 16.8 Å². The molecule has 2 aromatic heterocycles. The topological polar surface area (TPSA) is 89.8 Å². The number of thioether (sulfide) groups is 1. The first-order chi connectivity index (χ1) is 15.5. The average Bonchev–Trinajstić information content (AvgIpc) is 3.22. The molecule has 0 spiro atoms. The van der Waals surface area contributed by atoms with Crippen molar-refractivity contribution in [3.8, 4) is 17.1 Å². The Labute approximate surface area is 189 Å². The zero-order chi connectivity index (χ0) is 22.5. The number of aryl methyl sites for hydroxylation is 1. The number of Topliss-reactive ketones (excluding diaryl/α,β-unsaturated/α-hetero) is 1. The fourth-order valence-electron chi connectivity index (χ4n) is 3.22. The summed E-state index contributed by atoms with van der Waals surface area (Å²) >= 11 is 1.29. The van der Waals surface area contributed by atoms with E-state index in [1.165, 1.54) is 18.7 Å². The largest absolute Gasteiger partial charge is 0.325 e. The molecular formula is C24H21N5O2S. The molecule has 4 rings (SSSR count). The van der Waals surface area contributed by atoms with Crippen LogP contribution in [0.3, 0.4) is 0 Å². The van der Waals surface area contributed by atoms with E-state index in [0.29, 0.717) is 22.2 Å². The molecule has 0 bridgehead atoms. The summed E-state index contributed by atoms with van der Waals surface area (Å²) in [6, 6.07) is 18.6. The van der Waals surface area contributed by atoms with E-state index in [9.17, 15) is 9.59 Å². The Kier molecular flexibility index (Phi) is 6.42. The van der Waals surface area contributed by atoms with Crippen molar-refractivity contribution in [3.63, 3.8) is 0 Å². The lowest BCUT2D eigenvalue weighted by Crippen LogP contribution is -2.15. The van der Waals surface area contributed by atoms with Crippen molar-refractivity contribution in [2.75, 3.05) is 11.1 Å². The van der Waals surface area contributed by atoms with Crippen LogP contribution in [0.1, 0.15) is 22.8 Å². The highest BCUT2D eigenvalue weighted by molar-refractivity contribution is 7.99. The molecule has 0 atom stereocenters. The predicted molar refractivity (Wildman–Crippen MR) is 125 cm³/mol. The van der Waals surface area contributed by atoms with E-state index in [4.69, 9.17) is 0 Å². The quantitative estimate of drug-likeness (QED) is 0.332. The van der Waals surface area contributed by atoms with Crippen LogP contribution in [-0.2, 0) is 4.79 Å². The van der Waals surface area contributed by atoms with Gasteiger partial charge in [0.2, 0.25) is 5.91 Å². The van der Waals surface area contributed by atoms with E-state index in [1.807, 2.05) is 47.9 Å². The van der Waals surface area contributed by atoms with Gasteiger partial charge in [0.1, 0.15) is 0 Å². The Morgan fingerprint density at radius 1 is 1.03 bits per heavy atom. The number of nitrogens with one attached hydrogen (secondary N) is 1. The van der Waals surface area contributed by atoms with Crippen LogP contribution in [0.15, 0.2) is 78.2 Å². The van der Waals surface area contributed by atoms with Gasteiger partial charge in [0.05, 0.1) is 11.4 Å². The van der Waals surface area contributed by atoms with Gasteiger partial charge in [-0.05, 0) is 49.7 Å². The van der Waals surface area contributed by atoms with E-state index >= 15 is 0 Å². The van der Waals surface area contributed by atoms with Gasteiger partial charge >= 0.3 is 0 Å². The molecule has 0 saturated carbocycles. The fourth-order valence-corrected chi connectivity index (χ4v) is 3.96. The van der Waals surface area contributed by atoms with Gasteiger partial charge in [-0.2, -0.15) is 0 Å². The lowest BCUT2D eigenvalue weighted by atomic mass is 10.1. The standard InChI is InChI=1S/C24H21N5O2S/c1-16-7-3-4-11-21(16)29-23(19-9-6-12-25-14-19)27-28-24(29)32-15-22(31)26-20-10-5-8-18(13-20)17(2)30/h3-14H,15H2,1-2H3,(H,26,31). The van der Waals surface area contributed by atoms with Crippen LogP contribution in [0.2, 0.25) is 0 Å². The monoisotopic (exact) mass is 443 g/mol. The lowest BCUT2D eigenvalue weighted by molar-refractivity contribution is -0.113. The van der Waals surface area contributed by atoms with Gasteiger partial charge in [0, 0.05) is 29.2 Å². The van der Waals surface area contributed by atoms with Gasteiger partial charge < -0.3 is 5.32 Å². The maximum Gasteiger partial charge on any atom is 0.234 e. The maximum atomic E-state index is 12.6. The zero-order valence-electron chi connectivity index (χ0n) is 17.6. The number of carbonyl (C=O) groups is 2. The van der Waals surface area contributed by atoms with Gasteiger partial charge in [-0.25, -0.2) is 0 Å². The fraction of sp³-hybridized carbons (Fsp3) is 0.125. The molecule has 0 saturated heterocycles. The SMILES string of the molecule is CC(=O)c1cccc(NC(=O)CSc2nnc(-c3cccnc3)n2-c2ccccc2C)c1. The lowest BCUT2D eigenvalue weighted by Gasteiger charge is -2.12. The Morgan fingerprint density at radius 2 is 1.88 bits per heavy atom. The molecule has 0 radical (unpaired) electrons. The number of rotatable bonds is 7. The molecule has 0 aliphatic rings. The first-order valence-corrected chi connectivity index (χ1v) is 11.0. The molecule has 0 aliphatic carbocycles. The Hall–Kier alpha value is -3.78. The van der Waals surface area contributed by atoms with Crippen LogP contribution >= 0.6 is 11.8 Å². The summed E-state index contributed by atoms with van der Waals surface area (Å²) in [6.07, 6.45) is 3.45. The molecule has 0 fully saturated rings. The van der Waals surface area contributed by atoms with Crippen molar-refractivity contribution < 1.29 is 9.59 Å². The van der Waals surface area contributed by atoms with Crippen LogP contribution in [-0.4, -0.2) is 37.2 Å². The van der Waals surface area contributed by atoms with Gasteiger partial charge in [-0.3, -0.25) is 19.1 Å². The Bertz CT molecular complexity index is 1270. The number of hydrogen-bond donors (Lipinski definition) is 1. The van der Waals surface area contributed by atoms with E-state index in [0.717, 1.165) is 16.8 Å². The van der Waals surface area contributed by atoms with Crippen molar-refractivity contribution >= 4 is 29.1 Å². The number of aromatic nitrogens is 4. The number of benzene rings is 2. The third-order valence-corrected chi connectivity index (χ3v) is 5.72. The third kappa shape index (κ3) is 4.76. The molecule has 160 valence electrons. The predicted octanol–water partition coefficient (Wildman–Crippen LogP) is 4.57. The summed E-state index contributed by atoms with van der Waals surface area (Å²) in [7, 11) is 0. The second-order valence-corrected chi connectivity index (χ2v) is 8.09. The van der Waals surface area contributed by atoms with E-state index in [1.54, 1.807) is 36.7 Å². The summed E-state index contributed by atoms with van der Waals surface area (Å²) in [6.45, 7) is 3.51. The molecular weight excluding hydrogens is 422 g/mol. The van der Waals surface area contributed by atoms with Gasteiger partial charge in [-0.1, -0.05) is 42.1 Å². The summed E-state index contributed by atoms with van der Waals surface area (Å²) in [5.74, 6) is 0.550. The first kappa shape index (κ1) is 21.5. The Balaban J connectivity index is 1.58. The smallest absolute Gasteiger partial charge is 0.234 e. The van der Waals surface area contributed by atoms with E-state index in [2.05, 4.69) is 20.5 Å². The van der Waals surface area contributed by atoms with Gasteiger partial charge in [-0.15, -0.1) is 10.2 Å². The highest BCUT2D eigenvalue weighted by Crippen LogP contribution is 2.29. The number of nitrogens with zero attached hydrogens (tertiary/aromatic N) is 4. The number of pyridine rings is 1. The highest BCUT2D eigenvalue weighted by Gasteiger charge is 2.18. The highest BCUT2D eigenvalue weighted by atomic mass is 32.2. The molecule has 0 unspecified atom stereocenters. The minimum atomic E-state index is -0.196. The number of carbonyl (C=O) groups excluding carboxylic acids is 2. The molecule has 1 N–H and O–H groups in total. The number of anilines is 1. The van der Waals surface area contributed by atoms with Crippen LogP contribution < -0.4 is 5.32 Å². The minimum Gasteiger partial charge on any atom is -0.325 e. The normalized spacial score (nSPS) is 10.7. The van der Waals surface area contributed by atoms with Crippen molar-refractivity contribution in [1.29, 1.82) is 0 Å². The molecule has 32 heavy (non-hydrogen) atoms. The number of hydrogen-bond acceptors (Lipinski definition) is 6. The van der Waals surface area contributed by atoms with Crippen LogP contribution in [0.5, 0.6) is 0 Å². The third-order valence-electron chi connectivity index (χ3n) is 4.79. The van der Waals surface area contributed by atoms with Crippen molar-refractivity contribution in [1.82, 2.24) is 19.7 Å². The van der Waals surface area contributed by atoms with Crippen molar-refractivity contribution in [3.05, 3.63) is 84.2 Å². The molecule has 2 aromatic carbocycles. The maximum absolute atomic E-state index is 12.6. The first-order valence-electron chi connectivity index (χ1n) is 9.98. The average molecular weight is 444 g/mol. The van der Waals surface area contributed by atoms with E-state index in [-0.39, 0.29) is 17.4 Å². The number of amides is 1. The zero-order valence-corrected chi connectivity index (χ0v) is 18.5. The van der Waals surface area contributed by atoms with Crippen molar-refractivity contribution in [2.45, 2.75) is 19.0 Å². The summed E-state index contributed by atoms with van der Waals surface area (Å²) in [5.41, 5.74) is 3.97. The van der Waals surface area contributed by atoms with Gasteiger partial charge in [0.25, 0.3) is 0 Å². The van der Waals surface area contributed by atoms with Crippen LogP contribution in [0.25, 0.3) is 17.1 Å². The molecule has 4 aromatic rings. The second-order valence-electron chi connectivity index (χ2n) is 7.14. The summed E-state index contributed by atoms with van der Waals surface area (Å²) in [5, 5.41) is 12.2. The second kappa shape index (κ2) is 9.57. The molecule has 8 heteroatoms. The van der Waals surface area contributed by atoms with E-state index < -0.39 is 0 Å². The molecule has 1 amide bonds. The van der Waals surface area contributed by atoms with Crippen molar-refractivity contribution in [2.24, 2.45) is 0 Å². The summed E-state index contributed by atoms with van der Waals surface area (Å²) < 4.78 is 1.95. The Morgan fingerprint density at radius 3 is 2.62 bits per heavy atom. The molecule has 0 aliphatic heterocycles. The van der Waals surface area contributed by atoms with Crippen LogP contribution in [0, 0.1) is 6.92 Å². The molecule has 2 heterocycles. The minimum absolute atomic E-state index is 0.0512. The summed E-state index contributed by atoms with van der Waals surface area (Å²) in [4.78, 5) is 28.3. The molecule has 7 nitrogen and oxygen atoms in total. The number of ketones is 1. The number of para-hydroxylation sites is 1.